The van der Waals surface area contributed by atoms with Gasteiger partial charge in [0.15, 0.2) is 0 Å². The first kappa shape index (κ1) is 10.2. The summed E-state index contributed by atoms with van der Waals surface area (Å²) in [5, 5.41) is 1.99. The van der Waals surface area contributed by atoms with Crippen LogP contribution in [-0.4, -0.2) is 9.97 Å². The first-order valence-corrected chi connectivity index (χ1v) is 6.14. The van der Waals surface area contributed by atoms with E-state index in [2.05, 4.69) is 9.97 Å². The largest absolute Gasteiger partial charge is 0.437 e. The molecule has 3 aromatic rings. The molecule has 0 fully saturated rings. The van der Waals surface area contributed by atoms with E-state index in [-0.39, 0.29) is 0 Å². The van der Waals surface area contributed by atoms with Crippen molar-refractivity contribution < 1.29 is 4.74 Å². The Kier molecular flexibility index (Phi) is 2.49. The summed E-state index contributed by atoms with van der Waals surface area (Å²) in [5.41, 5.74) is 2.02. The summed E-state index contributed by atoms with van der Waals surface area (Å²) in [6, 6.07) is 9.86. The maximum atomic E-state index is 5.84. The molecule has 0 saturated heterocycles. The zero-order valence-electron chi connectivity index (χ0n) is 9.25. The fraction of sp³-hybridized carbons (Fsp3) is 0.0769. The maximum absolute atomic E-state index is 5.84. The van der Waals surface area contributed by atoms with Gasteiger partial charge in [0, 0.05) is 0 Å². The number of hydrogen-bond acceptors (Lipinski definition) is 4. The van der Waals surface area contributed by atoms with Crippen molar-refractivity contribution in [2.24, 2.45) is 0 Å². The lowest BCUT2D eigenvalue weighted by Crippen LogP contribution is -1.90. The molecule has 3 nitrogen and oxygen atoms in total. The second kappa shape index (κ2) is 4.14. The quantitative estimate of drug-likeness (QED) is 0.685. The van der Waals surface area contributed by atoms with Crippen molar-refractivity contribution in [3.05, 3.63) is 47.6 Å². The van der Waals surface area contributed by atoms with Crippen molar-refractivity contribution in [2.45, 2.75) is 6.92 Å². The van der Waals surface area contributed by atoms with E-state index in [1.807, 2.05) is 42.6 Å². The highest BCUT2D eigenvalue weighted by Gasteiger charge is 2.08. The van der Waals surface area contributed by atoms with Crippen LogP contribution in [0.2, 0.25) is 0 Å². The van der Waals surface area contributed by atoms with Crippen LogP contribution in [0.15, 0.2) is 42.0 Å². The van der Waals surface area contributed by atoms with Gasteiger partial charge in [-0.25, -0.2) is 9.97 Å². The van der Waals surface area contributed by atoms with E-state index in [1.54, 1.807) is 11.3 Å². The Balaban J connectivity index is 2.06. The summed E-state index contributed by atoms with van der Waals surface area (Å²) in [7, 11) is 0. The Labute approximate surface area is 103 Å². The van der Waals surface area contributed by atoms with Crippen molar-refractivity contribution in [2.75, 3.05) is 0 Å². The topological polar surface area (TPSA) is 35.0 Å². The molecule has 0 radical (unpaired) electrons. The van der Waals surface area contributed by atoms with Gasteiger partial charge in [0.25, 0.3) is 0 Å². The van der Waals surface area contributed by atoms with Gasteiger partial charge in [0.05, 0.1) is 5.52 Å². The lowest BCUT2D eigenvalue weighted by molar-refractivity contribution is 0.465. The second-order valence-electron chi connectivity index (χ2n) is 3.68. The van der Waals surface area contributed by atoms with Crippen molar-refractivity contribution in [1.82, 2.24) is 9.97 Å². The first-order chi connectivity index (χ1) is 8.34. The minimum absolute atomic E-state index is 0.624. The van der Waals surface area contributed by atoms with E-state index in [0.717, 1.165) is 21.5 Å². The van der Waals surface area contributed by atoms with Crippen LogP contribution in [0.1, 0.15) is 5.56 Å². The Morgan fingerprint density at radius 3 is 2.88 bits per heavy atom. The summed E-state index contributed by atoms with van der Waals surface area (Å²) < 4.78 is 6.82. The van der Waals surface area contributed by atoms with E-state index in [9.17, 15) is 0 Å². The number of benzene rings is 1. The maximum Gasteiger partial charge on any atom is 0.240 e. The number of hydrogen-bond donors (Lipinski definition) is 0. The molecule has 0 bridgehead atoms. The van der Waals surface area contributed by atoms with E-state index in [0.29, 0.717) is 5.88 Å². The highest BCUT2D eigenvalue weighted by atomic mass is 32.1. The van der Waals surface area contributed by atoms with Crippen molar-refractivity contribution >= 4 is 21.6 Å². The van der Waals surface area contributed by atoms with Crippen LogP contribution >= 0.6 is 11.3 Å². The minimum atomic E-state index is 0.624. The molecular formula is C13H10N2OS. The van der Waals surface area contributed by atoms with E-state index >= 15 is 0 Å². The Bertz CT molecular complexity index is 663. The third-order valence-corrected chi connectivity index (χ3v) is 3.40. The molecule has 0 atom stereocenters. The number of para-hydroxylation sites is 1. The summed E-state index contributed by atoms with van der Waals surface area (Å²) in [6.07, 6.45) is 1.53. The minimum Gasteiger partial charge on any atom is -0.437 e. The molecule has 1 aromatic carbocycles. The molecule has 0 aliphatic heterocycles. The number of aromatic nitrogens is 2. The SMILES string of the molecule is Cc1ccccc1Oc1ncnc2ccsc12. The number of thiophene rings is 1. The van der Waals surface area contributed by atoms with Crippen molar-refractivity contribution in [3.63, 3.8) is 0 Å². The molecule has 4 heteroatoms. The molecule has 2 heterocycles. The van der Waals surface area contributed by atoms with Crippen LogP contribution in [0.5, 0.6) is 11.6 Å². The van der Waals surface area contributed by atoms with E-state index < -0.39 is 0 Å². The summed E-state index contributed by atoms with van der Waals surface area (Å²) in [6.45, 7) is 2.02. The van der Waals surface area contributed by atoms with Crippen LogP contribution < -0.4 is 4.74 Å². The van der Waals surface area contributed by atoms with Crippen molar-refractivity contribution in [1.29, 1.82) is 0 Å². The Morgan fingerprint density at radius 2 is 2.00 bits per heavy atom. The van der Waals surface area contributed by atoms with Crippen LogP contribution in [-0.2, 0) is 0 Å². The van der Waals surface area contributed by atoms with Gasteiger partial charge in [-0.15, -0.1) is 11.3 Å². The monoisotopic (exact) mass is 242 g/mol. The van der Waals surface area contributed by atoms with Gasteiger partial charge in [0.2, 0.25) is 5.88 Å². The third kappa shape index (κ3) is 1.87. The molecule has 0 spiro atoms. The molecule has 0 aliphatic rings. The zero-order valence-corrected chi connectivity index (χ0v) is 10.1. The van der Waals surface area contributed by atoms with Gasteiger partial charge < -0.3 is 4.74 Å². The Hall–Kier alpha value is -1.94. The average Bonchev–Trinajstić information content (AvgIpc) is 2.81. The lowest BCUT2D eigenvalue weighted by Gasteiger charge is -2.07. The molecule has 84 valence electrons. The van der Waals surface area contributed by atoms with E-state index in [1.165, 1.54) is 6.33 Å². The predicted octanol–water partition coefficient (Wildman–Crippen LogP) is 3.79. The first-order valence-electron chi connectivity index (χ1n) is 5.26. The molecule has 3 rings (SSSR count). The van der Waals surface area contributed by atoms with Gasteiger partial charge in [-0.2, -0.15) is 0 Å². The van der Waals surface area contributed by atoms with Crippen molar-refractivity contribution in [3.8, 4) is 11.6 Å². The predicted molar refractivity (Wildman–Crippen MR) is 68.7 cm³/mol. The smallest absolute Gasteiger partial charge is 0.240 e. The standard InChI is InChI=1S/C13H10N2OS/c1-9-4-2-3-5-11(9)16-13-12-10(6-7-17-12)14-8-15-13/h2-8H,1H3. The average molecular weight is 242 g/mol. The fourth-order valence-electron chi connectivity index (χ4n) is 1.61. The Morgan fingerprint density at radius 1 is 1.12 bits per heavy atom. The second-order valence-corrected chi connectivity index (χ2v) is 4.60. The summed E-state index contributed by atoms with van der Waals surface area (Å²) >= 11 is 1.59. The van der Waals surface area contributed by atoms with Crippen LogP contribution in [0, 0.1) is 6.92 Å². The lowest BCUT2D eigenvalue weighted by atomic mass is 10.2. The van der Waals surface area contributed by atoms with E-state index in [4.69, 9.17) is 4.74 Å². The van der Waals surface area contributed by atoms with Gasteiger partial charge in [-0.3, -0.25) is 0 Å². The normalized spacial score (nSPS) is 10.6. The highest BCUT2D eigenvalue weighted by molar-refractivity contribution is 7.17. The summed E-state index contributed by atoms with van der Waals surface area (Å²) in [5.74, 6) is 1.46. The number of rotatable bonds is 2. The number of aryl methyl sites for hydroxylation is 1. The molecular weight excluding hydrogens is 232 g/mol. The molecule has 0 unspecified atom stereocenters. The zero-order chi connectivity index (χ0) is 11.7. The van der Waals surface area contributed by atoms with Gasteiger partial charge in [0.1, 0.15) is 16.8 Å². The third-order valence-electron chi connectivity index (χ3n) is 2.51. The highest BCUT2D eigenvalue weighted by Crippen LogP contribution is 2.31. The van der Waals surface area contributed by atoms with Crippen LogP contribution in [0.25, 0.3) is 10.2 Å². The van der Waals surface area contributed by atoms with Gasteiger partial charge in [-0.1, -0.05) is 18.2 Å². The fourth-order valence-corrected chi connectivity index (χ4v) is 2.38. The molecule has 0 N–H and O–H groups in total. The molecule has 0 aliphatic carbocycles. The number of nitrogens with zero attached hydrogens (tertiary/aromatic N) is 2. The van der Waals surface area contributed by atoms with Gasteiger partial charge >= 0.3 is 0 Å². The van der Waals surface area contributed by atoms with Crippen LogP contribution in [0.3, 0.4) is 0 Å². The van der Waals surface area contributed by atoms with Crippen LogP contribution in [0.4, 0.5) is 0 Å². The molecule has 17 heavy (non-hydrogen) atoms. The molecule has 0 saturated carbocycles. The van der Waals surface area contributed by atoms with Gasteiger partial charge in [-0.05, 0) is 30.0 Å². The summed E-state index contributed by atoms with van der Waals surface area (Å²) in [4.78, 5) is 8.38. The molecule has 0 amide bonds. The number of fused-ring (bicyclic) bond motifs is 1. The number of ether oxygens (including phenoxy) is 1. The molecule has 2 aromatic heterocycles.